The molecule has 29 heavy (non-hydrogen) atoms. The smallest absolute Gasteiger partial charge is 0.409 e. The van der Waals surface area contributed by atoms with Gasteiger partial charge >= 0.3 is 6.09 Å². The van der Waals surface area contributed by atoms with Crippen LogP contribution in [0.15, 0.2) is 46.6 Å². The number of allylic oxidation sites excluding steroid dienone is 8. The molecule has 0 aromatic heterocycles. The monoisotopic (exact) mass is 393 g/mol. The van der Waals surface area contributed by atoms with Crippen molar-refractivity contribution in [3.05, 3.63) is 46.6 Å². The average molecular weight is 394 g/mol. The van der Waals surface area contributed by atoms with Gasteiger partial charge in [-0.1, -0.05) is 29.9 Å². The lowest BCUT2D eigenvalue weighted by Gasteiger charge is -2.46. The number of carbonyl (C=O) groups excluding carboxylic acids is 1. The Labute approximate surface area is 175 Å². The van der Waals surface area contributed by atoms with Crippen molar-refractivity contribution in [3.8, 4) is 0 Å². The number of carbonyl (C=O) groups is 1. The molecular weight excluding hydrogens is 358 g/mol. The van der Waals surface area contributed by atoms with Crippen LogP contribution in [0.4, 0.5) is 4.79 Å². The second kappa shape index (κ2) is 7.81. The largest absolute Gasteiger partial charge is 0.449 e. The third-order valence-corrected chi connectivity index (χ3v) is 8.23. The van der Waals surface area contributed by atoms with E-state index in [-0.39, 0.29) is 6.09 Å². The Morgan fingerprint density at radius 1 is 0.897 bits per heavy atom. The van der Waals surface area contributed by atoms with Crippen molar-refractivity contribution in [2.75, 3.05) is 20.7 Å². The van der Waals surface area contributed by atoms with Crippen LogP contribution in [-0.2, 0) is 4.74 Å². The van der Waals surface area contributed by atoms with E-state index in [1.807, 2.05) is 0 Å². The summed E-state index contributed by atoms with van der Waals surface area (Å²) in [6.45, 7) is 0.570. The fourth-order valence-corrected chi connectivity index (χ4v) is 6.75. The molecule has 0 aromatic carbocycles. The van der Waals surface area contributed by atoms with E-state index in [1.54, 1.807) is 36.4 Å². The maximum Gasteiger partial charge on any atom is 0.409 e. The quantitative estimate of drug-likeness (QED) is 0.571. The predicted molar refractivity (Wildman–Crippen MR) is 116 cm³/mol. The predicted octanol–water partition coefficient (Wildman–Crippen LogP) is 6.05. The first-order valence-corrected chi connectivity index (χ1v) is 11.8. The molecule has 3 nitrogen and oxygen atoms in total. The Kier molecular flexibility index (Phi) is 5.17. The summed E-state index contributed by atoms with van der Waals surface area (Å²) >= 11 is 0. The van der Waals surface area contributed by atoms with Crippen LogP contribution in [-0.4, -0.2) is 31.7 Å². The number of fused-ring (bicyclic) bond motifs is 5. The minimum atomic E-state index is -0.211. The summed E-state index contributed by atoms with van der Waals surface area (Å²) in [7, 11) is 3.51. The van der Waals surface area contributed by atoms with Gasteiger partial charge in [-0.3, -0.25) is 0 Å². The van der Waals surface area contributed by atoms with Crippen LogP contribution in [0.2, 0.25) is 0 Å². The van der Waals surface area contributed by atoms with E-state index < -0.39 is 0 Å². The van der Waals surface area contributed by atoms with Gasteiger partial charge in [0.2, 0.25) is 0 Å². The molecule has 0 heterocycles. The van der Waals surface area contributed by atoms with Crippen molar-refractivity contribution in [2.45, 2.75) is 57.8 Å². The lowest BCUT2D eigenvalue weighted by Crippen LogP contribution is -2.34. The highest BCUT2D eigenvalue weighted by molar-refractivity contribution is 5.66. The highest BCUT2D eigenvalue weighted by Crippen LogP contribution is 2.53. The van der Waals surface area contributed by atoms with E-state index in [9.17, 15) is 4.79 Å². The van der Waals surface area contributed by atoms with Crippen LogP contribution in [0.3, 0.4) is 0 Å². The first-order chi connectivity index (χ1) is 14.1. The van der Waals surface area contributed by atoms with Gasteiger partial charge < -0.3 is 9.64 Å². The summed E-state index contributed by atoms with van der Waals surface area (Å²) in [5, 5.41) is 0. The van der Waals surface area contributed by atoms with Gasteiger partial charge in [0.1, 0.15) is 0 Å². The highest BCUT2D eigenvalue weighted by atomic mass is 16.6. The number of rotatable bonds is 2. The van der Waals surface area contributed by atoms with Gasteiger partial charge in [0.15, 0.2) is 0 Å². The second-order valence-electron chi connectivity index (χ2n) is 10.1. The van der Waals surface area contributed by atoms with E-state index in [1.165, 1.54) is 56.3 Å². The third-order valence-electron chi connectivity index (χ3n) is 8.23. The summed E-state index contributed by atoms with van der Waals surface area (Å²) in [6.07, 6.45) is 21.3. The second-order valence-corrected chi connectivity index (χ2v) is 10.1. The Hall–Kier alpha value is -1.77. The van der Waals surface area contributed by atoms with Gasteiger partial charge in [0.05, 0.1) is 6.61 Å². The first-order valence-electron chi connectivity index (χ1n) is 11.8. The van der Waals surface area contributed by atoms with Gasteiger partial charge in [-0.05, 0) is 104 Å². The number of hydrogen-bond acceptors (Lipinski definition) is 2. The van der Waals surface area contributed by atoms with E-state index in [0.29, 0.717) is 12.5 Å². The molecule has 0 N–H and O–H groups in total. The van der Waals surface area contributed by atoms with Crippen LogP contribution in [0, 0.1) is 29.6 Å². The van der Waals surface area contributed by atoms with E-state index >= 15 is 0 Å². The van der Waals surface area contributed by atoms with Crippen molar-refractivity contribution in [1.82, 2.24) is 4.90 Å². The highest BCUT2D eigenvalue weighted by Gasteiger charge is 2.41. The fraction of sp³-hybridized carbons (Fsp3) is 0.654. The lowest BCUT2D eigenvalue weighted by molar-refractivity contribution is 0.0927. The van der Waals surface area contributed by atoms with Gasteiger partial charge in [-0.15, -0.1) is 0 Å². The Morgan fingerprint density at radius 2 is 1.62 bits per heavy atom. The van der Waals surface area contributed by atoms with Crippen LogP contribution in [0.1, 0.15) is 57.8 Å². The molecule has 5 atom stereocenters. The Bertz CT molecular complexity index is 800. The molecule has 5 aliphatic rings. The number of amides is 1. The minimum absolute atomic E-state index is 0.211. The zero-order valence-electron chi connectivity index (χ0n) is 18.0. The standard InChI is InChI=1S/C26H35NO2/c1-27(2)26(28)29-16-17-7-8-19-10-12-23-22-11-9-18-5-3-4-6-20(18)21(22)13-14-24(23)25(19)15-17/h4,6,13-14,17-19,22-23H,3,5,7-12,15-16H2,1-2H3. The van der Waals surface area contributed by atoms with E-state index in [4.69, 9.17) is 4.74 Å². The van der Waals surface area contributed by atoms with Crippen molar-refractivity contribution in [1.29, 1.82) is 0 Å². The molecule has 1 fully saturated rings. The molecule has 0 saturated heterocycles. The third kappa shape index (κ3) is 3.51. The molecule has 0 aliphatic heterocycles. The molecule has 5 unspecified atom stereocenters. The van der Waals surface area contributed by atoms with Crippen molar-refractivity contribution < 1.29 is 9.53 Å². The van der Waals surface area contributed by atoms with Crippen molar-refractivity contribution in [3.63, 3.8) is 0 Å². The number of hydrogen-bond donors (Lipinski definition) is 0. The Balaban J connectivity index is 1.40. The van der Waals surface area contributed by atoms with E-state index in [0.717, 1.165) is 30.1 Å². The normalized spacial score (nSPS) is 35.4. The molecule has 3 heteroatoms. The molecule has 0 radical (unpaired) electrons. The SMILES string of the molecule is CN(C)C(=O)OCC1CCC2CCC3C(=C2C1)C=CC1=C2C=CCCC2CCC13. The summed E-state index contributed by atoms with van der Waals surface area (Å²) < 4.78 is 5.54. The molecule has 1 amide bonds. The molecular formula is C26H35NO2. The van der Waals surface area contributed by atoms with Crippen LogP contribution in [0.5, 0.6) is 0 Å². The van der Waals surface area contributed by atoms with Crippen LogP contribution >= 0.6 is 0 Å². The van der Waals surface area contributed by atoms with Crippen molar-refractivity contribution in [2.24, 2.45) is 29.6 Å². The zero-order chi connectivity index (χ0) is 20.0. The topological polar surface area (TPSA) is 29.5 Å². The number of ether oxygens (including phenoxy) is 1. The maximum absolute atomic E-state index is 11.8. The summed E-state index contributed by atoms with van der Waals surface area (Å²) in [4.78, 5) is 13.4. The summed E-state index contributed by atoms with van der Waals surface area (Å²) in [6, 6.07) is 0. The molecule has 5 aliphatic carbocycles. The van der Waals surface area contributed by atoms with Gasteiger partial charge in [0.25, 0.3) is 0 Å². The summed E-state index contributed by atoms with van der Waals surface area (Å²) in [5.41, 5.74) is 6.70. The van der Waals surface area contributed by atoms with Crippen LogP contribution < -0.4 is 0 Å². The van der Waals surface area contributed by atoms with Gasteiger partial charge in [-0.25, -0.2) is 4.79 Å². The molecule has 0 bridgehead atoms. The lowest BCUT2D eigenvalue weighted by atomic mass is 9.59. The van der Waals surface area contributed by atoms with Gasteiger partial charge in [0, 0.05) is 14.1 Å². The first kappa shape index (κ1) is 19.2. The average Bonchev–Trinajstić information content (AvgIpc) is 2.76. The molecule has 0 aromatic rings. The van der Waals surface area contributed by atoms with Crippen molar-refractivity contribution >= 4 is 6.09 Å². The number of nitrogens with zero attached hydrogens (tertiary/aromatic N) is 1. The summed E-state index contributed by atoms with van der Waals surface area (Å²) in [5.74, 6) is 3.54. The van der Waals surface area contributed by atoms with E-state index in [2.05, 4.69) is 24.3 Å². The zero-order valence-corrected chi connectivity index (χ0v) is 18.0. The van der Waals surface area contributed by atoms with Gasteiger partial charge in [-0.2, -0.15) is 0 Å². The molecule has 156 valence electrons. The fourth-order valence-electron chi connectivity index (χ4n) is 6.75. The maximum atomic E-state index is 11.8. The molecule has 1 saturated carbocycles. The van der Waals surface area contributed by atoms with Crippen LogP contribution in [0.25, 0.3) is 0 Å². The minimum Gasteiger partial charge on any atom is -0.449 e. The molecule has 5 rings (SSSR count). The molecule has 0 spiro atoms. The Morgan fingerprint density at radius 3 is 2.45 bits per heavy atom.